The number of fused-ring (bicyclic) bond motifs is 3. The zero-order chi connectivity index (χ0) is 15.0. The van der Waals surface area contributed by atoms with Crippen molar-refractivity contribution in [3.8, 4) is 0 Å². The Hall–Kier alpha value is -2.22. The van der Waals surface area contributed by atoms with Crippen molar-refractivity contribution >= 4 is 27.1 Å². The molecule has 1 aromatic heterocycles. The van der Waals surface area contributed by atoms with Gasteiger partial charge in [0.15, 0.2) is 0 Å². The first-order chi connectivity index (χ1) is 10.1. The Kier molecular flexibility index (Phi) is 3.46. The van der Waals surface area contributed by atoms with E-state index in [-0.39, 0.29) is 5.82 Å². The van der Waals surface area contributed by atoms with Gasteiger partial charge in [-0.05, 0) is 65.8 Å². The fourth-order valence-electron chi connectivity index (χ4n) is 2.84. The van der Waals surface area contributed by atoms with Crippen LogP contribution in [0.3, 0.4) is 0 Å². The highest BCUT2D eigenvalue weighted by atomic mass is 19.1. The van der Waals surface area contributed by atoms with Gasteiger partial charge < -0.3 is 0 Å². The first-order valence-corrected chi connectivity index (χ1v) is 7.26. The van der Waals surface area contributed by atoms with Gasteiger partial charge in [-0.3, -0.25) is 4.98 Å². The molecule has 0 saturated heterocycles. The van der Waals surface area contributed by atoms with Gasteiger partial charge in [0.2, 0.25) is 0 Å². The van der Waals surface area contributed by atoms with E-state index in [9.17, 15) is 4.39 Å². The summed E-state index contributed by atoms with van der Waals surface area (Å²) in [5.41, 5.74) is 2.82. The smallest absolute Gasteiger partial charge is 0.126 e. The molecule has 0 amide bonds. The fraction of sp³-hybridized carbons (Fsp3) is 0.211. The highest BCUT2D eigenvalue weighted by Gasteiger charge is 2.09. The highest BCUT2D eigenvalue weighted by molar-refractivity contribution is 6.10. The van der Waals surface area contributed by atoms with Gasteiger partial charge in [-0.1, -0.05) is 25.1 Å². The molecule has 1 nitrogen and oxygen atoms in total. The van der Waals surface area contributed by atoms with E-state index < -0.39 is 0 Å². The topological polar surface area (TPSA) is 12.9 Å². The lowest BCUT2D eigenvalue weighted by molar-refractivity contribution is 0.620. The number of hydrogen-bond donors (Lipinski definition) is 0. The summed E-state index contributed by atoms with van der Waals surface area (Å²) in [4.78, 5) is 4.51. The number of aromatic nitrogens is 1. The molecule has 0 unspecified atom stereocenters. The van der Waals surface area contributed by atoms with E-state index in [1.165, 1.54) is 0 Å². The van der Waals surface area contributed by atoms with Gasteiger partial charge in [0.05, 0.1) is 5.69 Å². The van der Waals surface area contributed by atoms with E-state index in [0.29, 0.717) is 5.56 Å². The number of pyridine rings is 1. The first-order valence-electron chi connectivity index (χ1n) is 7.26. The van der Waals surface area contributed by atoms with Crippen molar-refractivity contribution in [2.24, 2.45) is 0 Å². The predicted molar refractivity (Wildman–Crippen MR) is 87.9 cm³/mol. The fourth-order valence-corrected chi connectivity index (χ4v) is 2.84. The molecule has 0 fully saturated rings. The van der Waals surface area contributed by atoms with Crippen molar-refractivity contribution in [1.82, 2.24) is 4.98 Å². The molecule has 3 aromatic rings. The minimum absolute atomic E-state index is 0.158. The van der Waals surface area contributed by atoms with Crippen LogP contribution in [0, 0.1) is 12.7 Å². The molecule has 0 N–H and O–H groups in total. The molecule has 0 aliphatic carbocycles. The number of hydrogen-bond acceptors (Lipinski definition) is 1. The summed E-state index contributed by atoms with van der Waals surface area (Å²) in [5.74, 6) is -0.158. The summed E-state index contributed by atoms with van der Waals surface area (Å²) in [7, 11) is 0. The molecule has 0 aliphatic heterocycles. The molecule has 0 aliphatic rings. The van der Waals surface area contributed by atoms with Crippen molar-refractivity contribution in [3.05, 3.63) is 59.7 Å². The monoisotopic (exact) mass is 279 g/mol. The lowest BCUT2D eigenvalue weighted by atomic mass is 9.98. The largest absolute Gasteiger partial charge is 0.256 e. The zero-order valence-electron chi connectivity index (χ0n) is 12.6. The molecule has 2 heteroatoms. The van der Waals surface area contributed by atoms with Crippen LogP contribution in [0.5, 0.6) is 0 Å². The number of benzene rings is 2. The first kappa shape index (κ1) is 13.7. The molecule has 1 heterocycles. The minimum atomic E-state index is -0.158. The Labute approximate surface area is 124 Å². The maximum absolute atomic E-state index is 13.9. The summed E-state index contributed by atoms with van der Waals surface area (Å²) in [5, 5.41) is 4.15. The van der Waals surface area contributed by atoms with Crippen molar-refractivity contribution in [2.45, 2.75) is 27.2 Å². The summed E-state index contributed by atoms with van der Waals surface area (Å²) >= 11 is 0. The predicted octanol–water partition coefficient (Wildman–Crippen LogP) is 5.65. The molecule has 21 heavy (non-hydrogen) atoms. The maximum atomic E-state index is 13.9. The SMILES string of the molecule is CC/C=C(\C)c1nccc2c1ccc1cc(C)c(F)cc12. The van der Waals surface area contributed by atoms with Crippen LogP contribution in [0.1, 0.15) is 31.5 Å². The van der Waals surface area contributed by atoms with Crippen molar-refractivity contribution in [1.29, 1.82) is 0 Å². The molecular weight excluding hydrogens is 261 g/mol. The van der Waals surface area contributed by atoms with Gasteiger partial charge >= 0.3 is 0 Å². The second-order valence-corrected chi connectivity index (χ2v) is 5.44. The van der Waals surface area contributed by atoms with Gasteiger partial charge in [-0.15, -0.1) is 0 Å². The lowest BCUT2D eigenvalue weighted by Crippen LogP contribution is -1.91. The molecule has 0 radical (unpaired) electrons. The zero-order valence-corrected chi connectivity index (χ0v) is 12.6. The normalized spacial score (nSPS) is 12.3. The molecule has 0 atom stereocenters. The van der Waals surface area contributed by atoms with E-state index in [2.05, 4.69) is 37.0 Å². The van der Waals surface area contributed by atoms with E-state index in [4.69, 9.17) is 0 Å². The highest BCUT2D eigenvalue weighted by Crippen LogP contribution is 2.30. The van der Waals surface area contributed by atoms with Gasteiger partial charge in [0.1, 0.15) is 5.82 Å². The van der Waals surface area contributed by atoms with Crippen LogP contribution in [-0.4, -0.2) is 4.98 Å². The number of rotatable bonds is 2. The quantitative estimate of drug-likeness (QED) is 0.552. The number of nitrogens with zero attached hydrogens (tertiary/aromatic N) is 1. The second kappa shape index (κ2) is 5.28. The van der Waals surface area contributed by atoms with Gasteiger partial charge in [-0.25, -0.2) is 4.39 Å². The third-order valence-electron chi connectivity index (χ3n) is 3.92. The Morgan fingerprint density at radius 3 is 2.71 bits per heavy atom. The van der Waals surface area contributed by atoms with E-state index in [0.717, 1.165) is 39.2 Å². The average molecular weight is 279 g/mol. The molecule has 2 aromatic carbocycles. The molecule has 3 rings (SSSR count). The summed E-state index contributed by atoms with van der Waals surface area (Å²) in [6, 6.07) is 9.64. The van der Waals surface area contributed by atoms with Crippen LogP contribution in [0.15, 0.2) is 42.6 Å². The second-order valence-electron chi connectivity index (χ2n) is 5.44. The summed E-state index contributed by atoms with van der Waals surface area (Å²) in [6.45, 7) is 5.98. The van der Waals surface area contributed by atoms with Crippen molar-refractivity contribution < 1.29 is 4.39 Å². The number of halogens is 1. The molecule has 0 bridgehead atoms. The molecular formula is C19H18FN. The third kappa shape index (κ3) is 2.31. The standard InChI is InChI=1S/C19H18FN/c1-4-5-12(2)19-16-7-6-14-10-13(3)18(20)11-17(14)15(16)8-9-21-19/h5-11H,4H2,1-3H3/b12-5+. The van der Waals surface area contributed by atoms with E-state index >= 15 is 0 Å². The van der Waals surface area contributed by atoms with Crippen molar-refractivity contribution in [3.63, 3.8) is 0 Å². The third-order valence-corrected chi connectivity index (χ3v) is 3.92. The Morgan fingerprint density at radius 1 is 1.14 bits per heavy atom. The van der Waals surface area contributed by atoms with Crippen LogP contribution >= 0.6 is 0 Å². The van der Waals surface area contributed by atoms with Crippen LogP contribution in [0.4, 0.5) is 4.39 Å². The molecule has 0 spiro atoms. The molecule has 106 valence electrons. The van der Waals surface area contributed by atoms with Gasteiger partial charge in [0.25, 0.3) is 0 Å². The lowest BCUT2D eigenvalue weighted by Gasteiger charge is -2.10. The maximum Gasteiger partial charge on any atom is 0.126 e. The number of aryl methyl sites for hydroxylation is 1. The van der Waals surface area contributed by atoms with Crippen LogP contribution in [0.25, 0.3) is 27.1 Å². The average Bonchev–Trinajstić information content (AvgIpc) is 2.48. The van der Waals surface area contributed by atoms with Crippen LogP contribution in [0.2, 0.25) is 0 Å². The van der Waals surface area contributed by atoms with Crippen LogP contribution in [-0.2, 0) is 0 Å². The number of allylic oxidation sites excluding steroid dienone is 2. The molecule has 0 saturated carbocycles. The Morgan fingerprint density at radius 2 is 1.95 bits per heavy atom. The van der Waals surface area contributed by atoms with Gasteiger partial charge in [-0.2, -0.15) is 0 Å². The van der Waals surface area contributed by atoms with Crippen molar-refractivity contribution in [2.75, 3.05) is 0 Å². The minimum Gasteiger partial charge on any atom is -0.256 e. The van der Waals surface area contributed by atoms with E-state index in [1.54, 1.807) is 13.0 Å². The summed E-state index contributed by atoms with van der Waals surface area (Å²) in [6.07, 6.45) is 4.95. The Balaban J connectivity index is 2.39. The van der Waals surface area contributed by atoms with Crippen LogP contribution < -0.4 is 0 Å². The summed E-state index contributed by atoms with van der Waals surface area (Å²) < 4.78 is 13.9. The Bertz CT molecular complexity index is 862. The van der Waals surface area contributed by atoms with E-state index in [1.807, 2.05) is 18.3 Å². The van der Waals surface area contributed by atoms with Gasteiger partial charge in [0, 0.05) is 11.6 Å².